The van der Waals surface area contributed by atoms with Gasteiger partial charge in [-0.05, 0) is 56.9 Å². The monoisotopic (exact) mass is 343 g/mol. The molecule has 1 aliphatic rings. The summed E-state index contributed by atoms with van der Waals surface area (Å²) >= 11 is 0. The zero-order valence-electron chi connectivity index (χ0n) is 15.5. The molecule has 1 saturated carbocycles. The minimum Gasteiger partial charge on any atom is -0.443 e. The number of carbonyl (C=O) groups excluding carboxylic acids is 1. The van der Waals surface area contributed by atoms with E-state index in [9.17, 15) is 9.90 Å². The minimum atomic E-state index is -0.524. The molecule has 4 heteroatoms. The van der Waals surface area contributed by atoms with Crippen molar-refractivity contribution < 1.29 is 14.6 Å². The highest BCUT2D eigenvalue weighted by Crippen LogP contribution is 2.33. The summed E-state index contributed by atoms with van der Waals surface area (Å²) in [6.45, 7) is 5.57. The van der Waals surface area contributed by atoms with Crippen LogP contribution in [0.5, 0.6) is 0 Å². The van der Waals surface area contributed by atoms with Crippen molar-refractivity contribution in [3.63, 3.8) is 0 Å². The molecule has 0 spiro atoms. The second-order valence-electron chi connectivity index (χ2n) is 8.24. The molecule has 1 atom stereocenters. The predicted octanol–water partition coefficient (Wildman–Crippen LogP) is 5.43. The van der Waals surface area contributed by atoms with Crippen LogP contribution in [0.15, 0.2) is 30.5 Å². The summed E-state index contributed by atoms with van der Waals surface area (Å²) in [7, 11) is 0. The summed E-state index contributed by atoms with van der Waals surface area (Å²) in [6.07, 6.45) is 8.12. The number of fused-ring (bicyclic) bond motifs is 1. The number of benzene rings is 1. The smallest absolute Gasteiger partial charge is 0.418 e. The van der Waals surface area contributed by atoms with E-state index >= 15 is 0 Å². The van der Waals surface area contributed by atoms with E-state index in [1.165, 1.54) is 36.7 Å². The average molecular weight is 343 g/mol. The van der Waals surface area contributed by atoms with Gasteiger partial charge in [-0.2, -0.15) is 0 Å². The van der Waals surface area contributed by atoms with Crippen LogP contribution in [-0.2, 0) is 4.74 Å². The minimum absolute atomic E-state index is 0.377. The topological polar surface area (TPSA) is 51.5 Å². The average Bonchev–Trinajstić information content (AvgIpc) is 2.97. The van der Waals surface area contributed by atoms with Crippen molar-refractivity contribution in [2.24, 2.45) is 5.92 Å². The Hall–Kier alpha value is -1.81. The lowest BCUT2D eigenvalue weighted by Crippen LogP contribution is -2.26. The fraction of sp³-hybridized carbons (Fsp3) is 0.571. The molecule has 136 valence electrons. The predicted molar refractivity (Wildman–Crippen MR) is 99.7 cm³/mol. The van der Waals surface area contributed by atoms with E-state index in [1.807, 2.05) is 45.0 Å². The molecule has 3 rings (SSSR count). The molecular formula is C21H29NO3. The van der Waals surface area contributed by atoms with Gasteiger partial charge >= 0.3 is 6.09 Å². The van der Waals surface area contributed by atoms with E-state index in [-0.39, 0.29) is 6.09 Å². The van der Waals surface area contributed by atoms with E-state index in [2.05, 4.69) is 0 Å². The lowest BCUT2D eigenvalue weighted by molar-refractivity contribution is 0.0544. The number of aliphatic hydroxyl groups excluding tert-OH is 1. The van der Waals surface area contributed by atoms with Crippen molar-refractivity contribution in [1.82, 2.24) is 4.57 Å². The largest absolute Gasteiger partial charge is 0.443 e. The number of rotatable bonds is 3. The van der Waals surface area contributed by atoms with Crippen molar-refractivity contribution in [2.75, 3.05) is 0 Å². The maximum absolute atomic E-state index is 12.3. The van der Waals surface area contributed by atoms with E-state index in [4.69, 9.17) is 4.74 Å². The summed E-state index contributed by atoms with van der Waals surface area (Å²) in [6, 6.07) is 7.72. The van der Waals surface area contributed by atoms with Crippen LogP contribution in [0, 0.1) is 5.92 Å². The SMILES string of the molecule is CC(C)(C)OC(=O)n1ccc2cc([C@@H](O)CC3CCCCC3)ccc21. The zero-order chi connectivity index (χ0) is 18.0. The fourth-order valence-corrected chi connectivity index (χ4v) is 3.71. The molecule has 0 amide bonds. The number of nitrogens with zero attached hydrogens (tertiary/aromatic N) is 1. The summed E-state index contributed by atoms with van der Waals surface area (Å²) in [4.78, 5) is 12.3. The van der Waals surface area contributed by atoms with Crippen LogP contribution < -0.4 is 0 Å². The first kappa shape index (κ1) is 18.0. The number of ether oxygens (including phenoxy) is 1. The molecule has 25 heavy (non-hydrogen) atoms. The Bertz CT molecular complexity index is 735. The van der Waals surface area contributed by atoms with Gasteiger partial charge in [0.05, 0.1) is 11.6 Å². The summed E-state index contributed by atoms with van der Waals surface area (Å²) in [5.41, 5.74) is 1.21. The van der Waals surface area contributed by atoms with Gasteiger partial charge in [0, 0.05) is 11.6 Å². The summed E-state index contributed by atoms with van der Waals surface area (Å²) in [5.74, 6) is 0.630. The van der Waals surface area contributed by atoms with Crippen LogP contribution >= 0.6 is 0 Å². The van der Waals surface area contributed by atoms with Crippen LogP contribution in [0.2, 0.25) is 0 Å². The van der Waals surface area contributed by atoms with Gasteiger partial charge in [0.25, 0.3) is 0 Å². The maximum Gasteiger partial charge on any atom is 0.418 e. The Morgan fingerprint density at radius 1 is 1.24 bits per heavy atom. The highest BCUT2D eigenvalue weighted by atomic mass is 16.6. The molecule has 0 unspecified atom stereocenters. The lowest BCUT2D eigenvalue weighted by Gasteiger charge is -2.24. The van der Waals surface area contributed by atoms with E-state index < -0.39 is 11.7 Å². The third-order valence-corrected chi connectivity index (χ3v) is 4.97. The molecule has 0 aliphatic heterocycles. The van der Waals surface area contributed by atoms with Gasteiger partial charge in [0.2, 0.25) is 0 Å². The Balaban J connectivity index is 1.75. The first-order valence-corrected chi connectivity index (χ1v) is 9.36. The van der Waals surface area contributed by atoms with Crippen molar-refractivity contribution in [3.8, 4) is 0 Å². The van der Waals surface area contributed by atoms with Crippen molar-refractivity contribution >= 4 is 17.0 Å². The zero-order valence-corrected chi connectivity index (χ0v) is 15.5. The molecule has 1 N–H and O–H groups in total. The standard InChI is InChI=1S/C21H29NO3/c1-21(2,3)25-20(24)22-12-11-16-14-17(9-10-18(16)22)19(23)13-15-7-5-4-6-8-15/h9-12,14-15,19,23H,4-8,13H2,1-3H3/t19-/m0/s1. The molecule has 0 bridgehead atoms. The van der Waals surface area contributed by atoms with Gasteiger partial charge in [-0.1, -0.05) is 38.2 Å². The second-order valence-corrected chi connectivity index (χ2v) is 8.24. The van der Waals surface area contributed by atoms with Crippen LogP contribution in [0.25, 0.3) is 10.9 Å². The molecule has 2 aromatic rings. The Labute approximate surface area is 149 Å². The normalized spacial score (nSPS) is 17.6. The highest BCUT2D eigenvalue weighted by molar-refractivity contribution is 5.90. The highest BCUT2D eigenvalue weighted by Gasteiger charge is 2.21. The van der Waals surface area contributed by atoms with Crippen LogP contribution in [0.3, 0.4) is 0 Å². The quantitative estimate of drug-likeness (QED) is 0.808. The first-order chi connectivity index (χ1) is 11.8. The van der Waals surface area contributed by atoms with Gasteiger partial charge in [0.1, 0.15) is 5.60 Å². The molecule has 4 nitrogen and oxygen atoms in total. The first-order valence-electron chi connectivity index (χ1n) is 9.36. The van der Waals surface area contributed by atoms with Gasteiger partial charge in [-0.25, -0.2) is 4.79 Å². The molecule has 1 aromatic heterocycles. The number of aliphatic hydroxyl groups is 1. The molecule has 0 saturated heterocycles. The van der Waals surface area contributed by atoms with Crippen molar-refractivity contribution in [2.45, 2.75) is 71.0 Å². The molecule has 1 heterocycles. The fourth-order valence-electron chi connectivity index (χ4n) is 3.71. The number of carbonyl (C=O) groups is 1. The number of hydrogen-bond acceptors (Lipinski definition) is 3. The summed E-state index contributed by atoms with van der Waals surface area (Å²) < 4.78 is 6.97. The van der Waals surface area contributed by atoms with Gasteiger partial charge in [0.15, 0.2) is 0 Å². The van der Waals surface area contributed by atoms with Crippen LogP contribution in [0.1, 0.15) is 71.0 Å². The number of hydrogen-bond donors (Lipinski definition) is 1. The maximum atomic E-state index is 12.3. The van der Waals surface area contributed by atoms with Crippen molar-refractivity contribution in [3.05, 3.63) is 36.0 Å². The molecular weight excluding hydrogens is 314 g/mol. The number of aromatic nitrogens is 1. The lowest BCUT2D eigenvalue weighted by atomic mass is 9.84. The van der Waals surface area contributed by atoms with Gasteiger partial charge in [-0.15, -0.1) is 0 Å². The third-order valence-electron chi connectivity index (χ3n) is 4.97. The third kappa shape index (κ3) is 4.43. The van der Waals surface area contributed by atoms with E-state index in [1.54, 1.807) is 6.20 Å². The Kier molecular flexibility index (Phi) is 5.19. The molecule has 1 fully saturated rings. The molecule has 1 aliphatic carbocycles. The van der Waals surface area contributed by atoms with Crippen LogP contribution in [-0.4, -0.2) is 21.4 Å². The van der Waals surface area contributed by atoms with E-state index in [0.29, 0.717) is 5.92 Å². The Morgan fingerprint density at radius 3 is 2.64 bits per heavy atom. The molecule has 0 radical (unpaired) electrons. The van der Waals surface area contributed by atoms with Gasteiger partial charge in [-0.3, -0.25) is 4.57 Å². The van der Waals surface area contributed by atoms with Gasteiger partial charge < -0.3 is 9.84 Å². The Morgan fingerprint density at radius 2 is 1.96 bits per heavy atom. The second kappa shape index (κ2) is 7.20. The van der Waals surface area contributed by atoms with Crippen LogP contribution in [0.4, 0.5) is 4.79 Å². The molecule has 1 aromatic carbocycles. The summed E-state index contributed by atoms with van der Waals surface area (Å²) in [5, 5.41) is 11.6. The van der Waals surface area contributed by atoms with E-state index in [0.717, 1.165) is 22.9 Å². The van der Waals surface area contributed by atoms with Crippen molar-refractivity contribution in [1.29, 1.82) is 0 Å².